The van der Waals surface area contributed by atoms with Crippen LogP contribution in [-0.2, 0) is 14.4 Å². The fraction of sp³-hybridized carbons (Fsp3) is 0.667. The van der Waals surface area contributed by atoms with Gasteiger partial charge in [-0.3, -0.25) is 14.5 Å². The first-order valence-corrected chi connectivity index (χ1v) is 4.66. The highest BCUT2D eigenvalue weighted by molar-refractivity contribution is 5.98. The predicted octanol–water partition coefficient (Wildman–Crippen LogP) is -0.783. The van der Waals surface area contributed by atoms with Crippen molar-refractivity contribution in [3.8, 4) is 0 Å². The SMILES string of the molecule is CC1CC(=O)N(CC(O)C(=O)O)C(=O)C1. The fourth-order valence-corrected chi connectivity index (χ4v) is 1.48. The number of nitrogens with zero attached hydrogens (tertiary/aromatic N) is 1. The zero-order chi connectivity index (χ0) is 11.6. The Morgan fingerprint density at radius 1 is 1.47 bits per heavy atom. The Morgan fingerprint density at radius 2 is 1.93 bits per heavy atom. The number of piperidine rings is 1. The second kappa shape index (κ2) is 4.39. The molecule has 1 unspecified atom stereocenters. The third kappa shape index (κ3) is 2.76. The Morgan fingerprint density at radius 3 is 2.33 bits per heavy atom. The van der Waals surface area contributed by atoms with Crippen molar-refractivity contribution >= 4 is 17.8 Å². The number of aliphatic hydroxyl groups excluding tert-OH is 1. The van der Waals surface area contributed by atoms with Gasteiger partial charge in [-0.15, -0.1) is 0 Å². The Labute approximate surface area is 86.5 Å². The van der Waals surface area contributed by atoms with Crippen LogP contribution in [0.4, 0.5) is 0 Å². The van der Waals surface area contributed by atoms with Gasteiger partial charge in [-0.25, -0.2) is 4.79 Å². The van der Waals surface area contributed by atoms with E-state index in [-0.39, 0.29) is 18.8 Å². The van der Waals surface area contributed by atoms with Gasteiger partial charge in [-0.05, 0) is 5.92 Å². The third-order valence-electron chi connectivity index (χ3n) is 2.29. The van der Waals surface area contributed by atoms with E-state index in [1.807, 2.05) is 0 Å². The molecule has 0 radical (unpaired) electrons. The standard InChI is InChI=1S/C9H13NO5/c1-5-2-7(12)10(8(13)3-5)4-6(11)9(14)15/h5-6,11H,2-4H2,1H3,(H,14,15). The van der Waals surface area contributed by atoms with E-state index in [4.69, 9.17) is 10.2 Å². The second-order valence-electron chi connectivity index (χ2n) is 3.77. The van der Waals surface area contributed by atoms with Gasteiger partial charge >= 0.3 is 5.97 Å². The number of carbonyl (C=O) groups is 3. The number of rotatable bonds is 3. The van der Waals surface area contributed by atoms with Gasteiger partial charge in [0.1, 0.15) is 0 Å². The lowest BCUT2D eigenvalue weighted by Crippen LogP contribution is -2.47. The first-order valence-electron chi connectivity index (χ1n) is 4.66. The molecule has 0 aliphatic carbocycles. The minimum atomic E-state index is -1.70. The maximum absolute atomic E-state index is 11.4. The molecule has 0 aromatic rings. The summed E-state index contributed by atoms with van der Waals surface area (Å²) < 4.78 is 0. The lowest BCUT2D eigenvalue weighted by molar-refractivity contribution is -0.155. The summed E-state index contributed by atoms with van der Waals surface area (Å²) in [6.45, 7) is 1.32. The van der Waals surface area contributed by atoms with Gasteiger partial charge in [0.05, 0.1) is 6.54 Å². The third-order valence-corrected chi connectivity index (χ3v) is 2.29. The lowest BCUT2D eigenvalue weighted by atomic mass is 9.97. The van der Waals surface area contributed by atoms with Crippen LogP contribution < -0.4 is 0 Å². The van der Waals surface area contributed by atoms with Gasteiger partial charge < -0.3 is 10.2 Å². The van der Waals surface area contributed by atoms with Gasteiger partial charge in [0.2, 0.25) is 11.8 Å². The molecule has 1 fully saturated rings. The Balaban J connectivity index is 2.65. The molecule has 6 nitrogen and oxygen atoms in total. The number of carboxylic acids is 1. The van der Waals surface area contributed by atoms with Crippen molar-refractivity contribution in [2.45, 2.75) is 25.9 Å². The van der Waals surface area contributed by atoms with Crippen molar-refractivity contribution in [2.24, 2.45) is 5.92 Å². The number of likely N-dealkylation sites (tertiary alicyclic amines) is 1. The molecule has 0 spiro atoms. The van der Waals surface area contributed by atoms with Gasteiger partial charge in [0.15, 0.2) is 6.10 Å². The normalized spacial score (nSPS) is 20.5. The van der Waals surface area contributed by atoms with Crippen LogP contribution in [0.1, 0.15) is 19.8 Å². The molecule has 1 aliphatic heterocycles. The zero-order valence-electron chi connectivity index (χ0n) is 8.34. The summed E-state index contributed by atoms with van der Waals surface area (Å²) in [5, 5.41) is 17.5. The number of imide groups is 1. The van der Waals surface area contributed by atoms with Crippen LogP contribution in [0.25, 0.3) is 0 Å². The molecule has 1 aliphatic rings. The Kier molecular flexibility index (Phi) is 3.41. The lowest BCUT2D eigenvalue weighted by Gasteiger charge is -2.28. The van der Waals surface area contributed by atoms with Crippen LogP contribution in [0.3, 0.4) is 0 Å². The smallest absolute Gasteiger partial charge is 0.334 e. The molecule has 2 N–H and O–H groups in total. The molecule has 15 heavy (non-hydrogen) atoms. The van der Waals surface area contributed by atoms with Crippen LogP contribution >= 0.6 is 0 Å². The van der Waals surface area contributed by atoms with Crippen LogP contribution in [0.15, 0.2) is 0 Å². The minimum absolute atomic E-state index is 0.0109. The average molecular weight is 215 g/mol. The quantitative estimate of drug-likeness (QED) is 0.602. The van der Waals surface area contributed by atoms with Crippen LogP contribution in [0.2, 0.25) is 0 Å². The predicted molar refractivity (Wildman–Crippen MR) is 48.8 cm³/mol. The molecule has 2 amide bonds. The molecule has 0 bridgehead atoms. The number of β-amino-alcohol motifs (C(OH)–C–C–N with tert-alkyl or cyclic N) is 1. The van der Waals surface area contributed by atoms with Gasteiger partial charge in [-0.1, -0.05) is 6.92 Å². The molecule has 6 heteroatoms. The first-order chi connectivity index (χ1) is 6.91. The van der Waals surface area contributed by atoms with Crippen LogP contribution in [0.5, 0.6) is 0 Å². The molecule has 0 aromatic heterocycles. The summed E-state index contributed by atoms with van der Waals surface area (Å²) in [4.78, 5) is 33.9. The first kappa shape index (κ1) is 11.6. The van der Waals surface area contributed by atoms with E-state index in [0.717, 1.165) is 4.90 Å². The van der Waals surface area contributed by atoms with E-state index < -0.39 is 30.4 Å². The molecule has 1 saturated heterocycles. The molecule has 1 heterocycles. The highest BCUT2D eigenvalue weighted by Crippen LogP contribution is 2.18. The molecular formula is C9H13NO5. The van der Waals surface area contributed by atoms with Crippen molar-refractivity contribution in [3.05, 3.63) is 0 Å². The second-order valence-corrected chi connectivity index (χ2v) is 3.77. The van der Waals surface area contributed by atoms with Crippen molar-refractivity contribution in [1.29, 1.82) is 0 Å². The number of carboxylic acid groups (broad SMARTS) is 1. The van der Waals surface area contributed by atoms with E-state index in [2.05, 4.69) is 0 Å². The molecule has 1 atom stereocenters. The van der Waals surface area contributed by atoms with Crippen molar-refractivity contribution < 1.29 is 24.6 Å². The van der Waals surface area contributed by atoms with Gasteiger partial charge in [0.25, 0.3) is 0 Å². The molecule has 1 rings (SSSR count). The maximum atomic E-state index is 11.4. The molecule has 0 saturated carbocycles. The molecular weight excluding hydrogens is 202 g/mol. The number of hydrogen-bond donors (Lipinski definition) is 2. The van der Waals surface area contributed by atoms with Crippen molar-refractivity contribution in [1.82, 2.24) is 4.90 Å². The highest BCUT2D eigenvalue weighted by Gasteiger charge is 2.32. The summed E-state index contributed by atoms with van der Waals surface area (Å²) >= 11 is 0. The minimum Gasteiger partial charge on any atom is -0.479 e. The topological polar surface area (TPSA) is 94.9 Å². The van der Waals surface area contributed by atoms with E-state index in [0.29, 0.717) is 0 Å². The monoisotopic (exact) mass is 215 g/mol. The Bertz CT molecular complexity index is 283. The largest absolute Gasteiger partial charge is 0.479 e. The maximum Gasteiger partial charge on any atom is 0.334 e. The number of carbonyl (C=O) groups excluding carboxylic acids is 2. The average Bonchev–Trinajstić information content (AvgIpc) is 2.10. The molecule has 84 valence electrons. The zero-order valence-corrected chi connectivity index (χ0v) is 8.34. The summed E-state index contributed by atoms with van der Waals surface area (Å²) in [5.74, 6) is -2.28. The van der Waals surface area contributed by atoms with Crippen LogP contribution in [0, 0.1) is 5.92 Å². The summed E-state index contributed by atoms with van der Waals surface area (Å²) in [6.07, 6.45) is -1.26. The van der Waals surface area contributed by atoms with Gasteiger partial charge in [-0.2, -0.15) is 0 Å². The van der Waals surface area contributed by atoms with Gasteiger partial charge in [0, 0.05) is 12.8 Å². The van der Waals surface area contributed by atoms with Crippen molar-refractivity contribution in [3.63, 3.8) is 0 Å². The van der Waals surface area contributed by atoms with E-state index in [1.165, 1.54) is 0 Å². The van der Waals surface area contributed by atoms with Crippen LogP contribution in [-0.4, -0.2) is 45.5 Å². The van der Waals surface area contributed by atoms with E-state index in [1.54, 1.807) is 6.92 Å². The van der Waals surface area contributed by atoms with Crippen molar-refractivity contribution in [2.75, 3.05) is 6.54 Å². The number of amides is 2. The number of hydrogen-bond acceptors (Lipinski definition) is 4. The van der Waals surface area contributed by atoms with E-state index in [9.17, 15) is 14.4 Å². The molecule has 0 aromatic carbocycles. The summed E-state index contributed by atoms with van der Waals surface area (Å²) in [7, 11) is 0. The number of aliphatic carboxylic acids is 1. The summed E-state index contributed by atoms with van der Waals surface area (Å²) in [6, 6.07) is 0. The summed E-state index contributed by atoms with van der Waals surface area (Å²) in [5.41, 5.74) is 0. The fourth-order valence-electron chi connectivity index (χ4n) is 1.48. The Hall–Kier alpha value is -1.43. The number of aliphatic hydroxyl groups is 1. The highest BCUT2D eigenvalue weighted by atomic mass is 16.4. The van der Waals surface area contributed by atoms with E-state index >= 15 is 0 Å².